The predicted octanol–water partition coefficient (Wildman–Crippen LogP) is 3.17. The first-order valence-corrected chi connectivity index (χ1v) is 7.98. The third kappa shape index (κ3) is 3.74. The van der Waals surface area contributed by atoms with Gasteiger partial charge in [0.2, 0.25) is 5.91 Å². The Morgan fingerprint density at radius 3 is 3.00 bits per heavy atom. The van der Waals surface area contributed by atoms with Crippen LogP contribution in [-0.2, 0) is 16.0 Å². The van der Waals surface area contributed by atoms with Crippen molar-refractivity contribution in [3.8, 4) is 0 Å². The van der Waals surface area contributed by atoms with Crippen molar-refractivity contribution >= 4 is 17.5 Å². The van der Waals surface area contributed by atoms with Crippen LogP contribution in [0.5, 0.6) is 0 Å². The van der Waals surface area contributed by atoms with Gasteiger partial charge in [-0.2, -0.15) is 0 Å². The van der Waals surface area contributed by atoms with E-state index < -0.39 is 0 Å². The maximum atomic E-state index is 12.6. The summed E-state index contributed by atoms with van der Waals surface area (Å²) in [6, 6.07) is 7.59. The summed E-state index contributed by atoms with van der Waals surface area (Å²) < 4.78 is 11.3. The van der Waals surface area contributed by atoms with Gasteiger partial charge in [0.1, 0.15) is 11.9 Å². The molecule has 1 aliphatic heterocycles. The Balaban J connectivity index is 1.71. The van der Waals surface area contributed by atoms with Gasteiger partial charge >= 0.3 is 0 Å². The second-order valence-corrected chi connectivity index (χ2v) is 6.23. The lowest BCUT2D eigenvalue weighted by atomic mass is 10.1. The van der Waals surface area contributed by atoms with Crippen LogP contribution in [0, 0.1) is 6.92 Å². The Bertz CT molecular complexity index is 701. The van der Waals surface area contributed by atoms with E-state index in [1.54, 1.807) is 13.1 Å². The molecule has 1 saturated heterocycles. The van der Waals surface area contributed by atoms with Gasteiger partial charge < -0.3 is 14.1 Å². The molecule has 0 N–H and O–H groups in total. The Labute approximate surface area is 140 Å². The third-order valence-corrected chi connectivity index (χ3v) is 4.20. The maximum Gasteiger partial charge on any atom is 0.230 e. The number of hydrogen-bond acceptors (Lipinski definition) is 4. The lowest BCUT2D eigenvalue weighted by Gasteiger charge is -2.38. The largest absolute Gasteiger partial charge is 0.446 e. The molecule has 122 valence electrons. The maximum absolute atomic E-state index is 12.6. The zero-order valence-electron chi connectivity index (χ0n) is 13.2. The predicted molar refractivity (Wildman–Crippen MR) is 86.3 cm³/mol. The number of amides is 1. The fraction of sp³-hybridized carbons (Fsp3) is 0.412. The van der Waals surface area contributed by atoms with E-state index in [1.165, 1.54) is 0 Å². The summed E-state index contributed by atoms with van der Waals surface area (Å²) >= 11 is 6.05. The Morgan fingerprint density at radius 1 is 1.48 bits per heavy atom. The summed E-state index contributed by atoms with van der Waals surface area (Å²) in [4.78, 5) is 18.5. The number of aromatic nitrogens is 1. The zero-order chi connectivity index (χ0) is 16.4. The van der Waals surface area contributed by atoms with Crippen LogP contribution in [0.15, 0.2) is 34.9 Å². The molecular formula is C17H19ClN2O3. The van der Waals surface area contributed by atoms with Crippen LogP contribution in [0.4, 0.5) is 0 Å². The van der Waals surface area contributed by atoms with Gasteiger partial charge in [-0.15, -0.1) is 0 Å². The normalized spacial score (nSPS) is 21.4. The first-order valence-electron chi connectivity index (χ1n) is 7.61. The number of hydrogen-bond donors (Lipinski definition) is 0. The van der Waals surface area contributed by atoms with Gasteiger partial charge in [0.25, 0.3) is 0 Å². The van der Waals surface area contributed by atoms with Crippen molar-refractivity contribution in [2.45, 2.75) is 32.4 Å². The van der Waals surface area contributed by atoms with Gasteiger partial charge in [0.05, 0.1) is 31.8 Å². The van der Waals surface area contributed by atoms with E-state index in [0.717, 1.165) is 5.56 Å². The van der Waals surface area contributed by atoms with Crippen molar-refractivity contribution in [2.24, 2.45) is 0 Å². The highest BCUT2D eigenvalue weighted by molar-refractivity contribution is 6.30. The highest BCUT2D eigenvalue weighted by atomic mass is 35.5. The Kier molecular flexibility index (Phi) is 4.68. The number of carbonyl (C=O) groups excluding carboxylic acids is 1. The molecule has 2 aromatic rings. The van der Waals surface area contributed by atoms with Gasteiger partial charge in [-0.25, -0.2) is 4.98 Å². The first-order chi connectivity index (χ1) is 11.0. The zero-order valence-corrected chi connectivity index (χ0v) is 13.9. The van der Waals surface area contributed by atoms with E-state index in [0.29, 0.717) is 29.8 Å². The molecule has 6 heteroatoms. The Hall–Kier alpha value is -1.85. The van der Waals surface area contributed by atoms with Crippen LogP contribution in [0.3, 0.4) is 0 Å². The summed E-state index contributed by atoms with van der Waals surface area (Å²) in [6.07, 6.45) is 1.66. The molecule has 0 spiro atoms. The van der Waals surface area contributed by atoms with Crippen LogP contribution in [-0.4, -0.2) is 35.0 Å². The van der Waals surface area contributed by atoms with Gasteiger partial charge in [0, 0.05) is 11.9 Å². The topological polar surface area (TPSA) is 55.6 Å². The third-order valence-electron chi connectivity index (χ3n) is 3.97. The van der Waals surface area contributed by atoms with Crippen LogP contribution in [0.1, 0.15) is 30.2 Å². The molecule has 2 heterocycles. The summed E-state index contributed by atoms with van der Waals surface area (Å²) in [7, 11) is 0. The monoisotopic (exact) mass is 334 g/mol. The number of benzene rings is 1. The molecule has 1 fully saturated rings. The number of halogens is 1. The SMILES string of the molecule is Cc1ncc(CC(=O)N2CC(c3cccc(Cl)c3)OCC2C)o1. The van der Waals surface area contributed by atoms with Crippen molar-refractivity contribution in [1.82, 2.24) is 9.88 Å². The second kappa shape index (κ2) is 6.72. The number of rotatable bonds is 3. The standard InChI is InChI=1S/C17H19ClN2O3/c1-11-10-22-16(13-4-3-5-14(18)6-13)9-20(11)17(21)7-15-8-19-12(2)23-15/h3-6,8,11,16H,7,9-10H2,1-2H3. The van der Waals surface area contributed by atoms with Crippen molar-refractivity contribution < 1.29 is 13.9 Å². The average Bonchev–Trinajstić information content (AvgIpc) is 2.92. The molecule has 23 heavy (non-hydrogen) atoms. The van der Waals surface area contributed by atoms with Crippen molar-refractivity contribution in [1.29, 1.82) is 0 Å². The lowest BCUT2D eigenvalue weighted by molar-refractivity contribution is -0.144. The summed E-state index contributed by atoms with van der Waals surface area (Å²) in [6.45, 7) is 4.75. The average molecular weight is 335 g/mol. The molecule has 3 rings (SSSR count). The fourth-order valence-corrected chi connectivity index (χ4v) is 2.95. The van der Waals surface area contributed by atoms with Crippen LogP contribution in [0.25, 0.3) is 0 Å². The highest BCUT2D eigenvalue weighted by Crippen LogP contribution is 2.27. The number of carbonyl (C=O) groups is 1. The molecule has 1 aromatic carbocycles. The first kappa shape index (κ1) is 16.0. The molecule has 1 aliphatic rings. The van der Waals surface area contributed by atoms with Crippen molar-refractivity contribution in [2.75, 3.05) is 13.2 Å². The lowest BCUT2D eigenvalue weighted by Crippen LogP contribution is -2.48. The van der Waals surface area contributed by atoms with Crippen molar-refractivity contribution in [3.05, 3.63) is 52.7 Å². The molecule has 0 bridgehead atoms. The molecule has 0 aliphatic carbocycles. The smallest absolute Gasteiger partial charge is 0.230 e. The van der Waals surface area contributed by atoms with Crippen LogP contribution in [0.2, 0.25) is 5.02 Å². The molecule has 5 nitrogen and oxygen atoms in total. The Morgan fingerprint density at radius 2 is 2.30 bits per heavy atom. The minimum absolute atomic E-state index is 0.0176. The molecule has 1 aromatic heterocycles. The minimum atomic E-state index is -0.162. The molecule has 0 saturated carbocycles. The number of ether oxygens (including phenoxy) is 1. The molecule has 0 radical (unpaired) electrons. The van der Waals surface area contributed by atoms with E-state index in [1.807, 2.05) is 36.1 Å². The highest BCUT2D eigenvalue weighted by Gasteiger charge is 2.31. The van der Waals surface area contributed by atoms with Crippen LogP contribution < -0.4 is 0 Å². The molecule has 2 atom stereocenters. The summed E-state index contributed by atoms with van der Waals surface area (Å²) in [5, 5.41) is 0.666. The minimum Gasteiger partial charge on any atom is -0.446 e. The number of oxazole rings is 1. The number of morpholine rings is 1. The molecule has 2 unspecified atom stereocenters. The van der Waals surface area contributed by atoms with Crippen LogP contribution >= 0.6 is 11.6 Å². The van der Waals surface area contributed by atoms with Crippen molar-refractivity contribution in [3.63, 3.8) is 0 Å². The molecular weight excluding hydrogens is 316 g/mol. The van der Waals surface area contributed by atoms with E-state index in [9.17, 15) is 4.79 Å². The van der Waals surface area contributed by atoms with Gasteiger partial charge in [-0.3, -0.25) is 4.79 Å². The van der Waals surface area contributed by atoms with Gasteiger partial charge in [0.15, 0.2) is 5.89 Å². The van der Waals surface area contributed by atoms with Gasteiger partial charge in [-0.05, 0) is 24.6 Å². The van der Waals surface area contributed by atoms with Gasteiger partial charge in [-0.1, -0.05) is 23.7 Å². The van der Waals surface area contributed by atoms with E-state index in [4.69, 9.17) is 20.8 Å². The quantitative estimate of drug-likeness (QED) is 0.865. The van der Waals surface area contributed by atoms with E-state index >= 15 is 0 Å². The second-order valence-electron chi connectivity index (χ2n) is 5.79. The number of aryl methyl sites for hydroxylation is 1. The van der Waals surface area contributed by atoms with E-state index in [2.05, 4.69) is 4.98 Å². The van der Waals surface area contributed by atoms with E-state index in [-0.39, 0.29) is 24.5 Å². The number of nitrogens with zero attached hydrogens (tertiary/aromatic N) is 2. The molecule has 1 amide bonds. The summed E-state index contributed by atoms with van der Waals surface area (Å²) in [5.41, 5.74) is 0.984. The summed E-state index contributed by atoms with van der Waals surface area (Å²) in [5.74, 6) is 1.18. The fourth-order valence-electron chi connectivity index (χ4n) is 2.75.